The number of imidazole rings is 1. The number of carbonyl (C=O) groups excluding carboxylic acids is 1. The quantitative estimate of drug-likeness (QED) is 0.729. The number of amides is 1. The van der Waals surface area contributed by atoms with Gasteiger partial charge in [-0.3, -0.25) is 4.79 Å². The van der Waals surface area contributed by atoms with Crippen molar-refractivity contribution in [1.82, 2.24) is 14.5 Å². The number of fused-ring (bicyclic) bond motifs is 1. The lowest BCUT2D eigenvalue weighted by Gasteiger charge is -2.32. The molecule has 23 heavy (non-hydrogen) atoms. The number of hydrogen-bond acceptors (Lipinski definition) is 3. The van der Waals surface area contributed by atoms with E-state index in [-0.39, 0.29) is 5.91 Å². The molecule has 5 heteroatoms. The van der Waals surface area contributed by atoms with Gasteiger partial charge in [0.1, 0.15) is 5.58 Å². The summed E-state index contributed by atoms with van der Waals surface area (Å²) in [5, 5.41) is 0.983. The van der Waals surface area contributed by atoms with Crippen molar-refractivity contribution in [2.24, 2.45) is 0 Å². The number of furan rings is 1. The van der Waals surface area contributed by atoms with Gasteiger partial charge < -0.3 is 13.9 Å². The SMILES string of the molecule is Cc1cccc2cc(C(=O)N3CCCC(n4ccnc4)C3)oc12. The molecular weight excluding hydrogens is 290 g/mol. The molecule has 0 radical (unpaired) electrons. The minimum absolute atomic E-state index is 0.0228. The Morgan fingerprint density at radius 2 is 2.30 bits per heavy atom. The van der Waals surface area contributed by atoms with E-state index in [1.165, 1.54) is 0 Å². The molecule has 0 saturated carbocycles. The molecule has 0 spiro atoms. The van der Waals surface area contributed by atoms with Gasteiger partial charge in [-0.2, -0.15) is 0 Å². The summed E-state index contributed by atoms with van der Waals surface area (Å²) >= 11 is 0. The van der Waals surface area contributed by atoms with Crippen LogP contribution in [-0.2, 0) is 0 Å². The van der Waals surface area contributed by atoms with E-state index in [2.05, 4.69) is 9.55 Å². The minimum atomic E-state index is -0.0228. The first kappa shape index (κ1) is 14.1. The van der Waals surface area contributed by atoms with Crippen molar-refractivity contribution in [3.63, 3.8) is 0 Å². The zero-order valence-electron chi connectivity index (χ0n) is 13.1. The van der Waals surface area contributed by atoms with E-state index in [9.17, 15) is 4.79 Å². The highest BCUT2D eigenvalue weighted by molar-refractivity contribution is 5.96. The van der Waals surface area contributed by atoms with Gasteiger partial charge in [-0.25, -0.2) is 4.98 Å². The number of hydrogen-bond donors (Lipinski definition) is 0. The van der Waals surface area contributed by atoms with Crippen LogP contribution < -0.4 is 0 Å². The second-order valence-corrected chi connectivity index (χ2v) is 6.16. The van der Waals surface area contributed by atoms with Crippen molar-refractivity contribution in [1.29, 1.82) is 0 Å². The second-order valence-electron chi connectivity index (χ2n) is 6.16. The van der Waals surface area contributed by atoms with Crippen LogP contribution in [-0.4, -0.2) is 33.4 Å². The maximum atomic E-state index is 12.8. The van der Waals surface area contributed by atoms with E-state index >= 15 is 0 Å². The van der Waals surface area contributed by atoms with Gasteiger partial charge >= 0.3 is 0 Å². The van der Waals surface area contributed by atoms with E-state index in [0.717, 1.165) is 35.9 Å². The van der Waals surface area contributed by atoms with Crippen molar-refractivity contribution < 1.29 is 9.21 Å². The summed E-state index contributed by atoms with van der Waals surface area (Å²) in [4.78, 5) is 18.8. The highest BCUT2D eigenvalue weighted by Crippen LogP contribution is 2.26. The van der Waals surface area contributed by atoms with Crippen LogP contribution in [0.3, 0.4) is 0 Å². The van der Waals surface area contributed by atoms with Crippen LogP contribution in [0.25, 0.3) is 11.0 Å². The van der Waals surface area contributed by atoms with Crippen molar-refractivity contribution in [2.45, 2.75) is 25.8 Å². The first-order chi connectivity index (χ1) is 11.2. The molecule has 5 nitrogen and oxygen atoms in total. The number of piperidine rings is 1. The van der Waals surface area contributed by atoms with Crippen LogP contribution in [0.2, 0.25) is 0 Å². The molecule has 3 heterocycles. The fourth-order valence-corrected chi connectivity index (χ4v) is 3.34. The van der Waals surface area contributed by atoms with E-state index in [1.807, 2.05) is 48.6 Å². The van der Waals surface area contributed by atoms with E-state index < -0.39 is 0 Å². The number of rotatable bonds is 2. The van der Waals surface area contributed by atoms with Crippen LogP contribution in [0, 0.1) is 6.92 Å². The van der Waals surface area contributed by atoms with Gasteiger partial charge in [0.25, 0.3) is 5.91 Å². The van der Waals surface area contributed by atoms with Gasteiger partial charge in [-0.1, -0.05) is 18.2 Å². The number of benzene rings is 1. The smallest absolute Gasteiger partial charge is 0.289 e. The Morgan fingerprint density at radius 3 is 3.09 bits per heavy atom. The molecule has 1 atom stereocenters. The number of likely N-dealkylation sites (tertiary alicyclic amines) is 1. The highest BCUT2D eigenvalue weighted by Gasteiger charge is 2.27. The van der Waals surface area contributed by atoms with Gasteiger partial charge in [-0.05, 0) is 31.4 Å². The van der Waals surface area contributed by atoms with Gasteiger partial charge in [0.15, 0.2) is 5.76 Å². The lowest BCUT2D eigenvalue weighted by Crippen LogP contribution is -2.40. The fraction of sp³-hybridized carbons (Fsp3) is 0.333. The lowest BCUT2D eigenvalue weighted by molar-refractivity contribution is 0.0649. The molecule has 2 aromatic heterocycles. The summed E-state index contributed by atoms with van der Waals surface area (Å²) in [6.07, 6.45) is 7.63. The Hall–Kier alpha value is -2.56. The van der Waals surface area contributed by atoms with E-state index in [4.69, 9.17) is 4.42 Å². The molecule has 1 aliphatic heterocycles. The third-order valence-corrected chi connectivity index (χ3v) is 4.58. The Kier molecular flexibility index (Phi) is 3.41. The Morgan fingerprint density at radius 1 is 1.39 bits per heavy atom. The number of aryl methyl sites for hydroxylation is 1. The minimum Gasteiger partial charge on any atom is -0.451 e. The average molecular weight is 309 g/mol. The Labute approximate surface area is 134 Å². The molecule has 1 unspecified atom stereocenters. The predicted octanol–water partition coefficient (Wildman–Crippen LogP) is 3.42. The first-order valence-electron chi connectivity index (χ1n) is 7.98. The molecule has 0 bridgehead atoms. The molecule has 1 aliphatic rings. The van der Waals surface area contributed by atoms with Gasteiger partial charge in [0, 0.05) is 30.9 Å². The molecule has 1 amide bonds. The van der Waals surface area contributed by atoms with Gasteiger partial charge in [0.2, 0.25) is 0 Å². The fourth-order valence-electron chi connectivity index (χ4n) is 3.34. The van der Waals surface area contributed by atoms with Crippen molar-refractivity contribution in [3.8, 4) is 0 Å². The number of para-hydroxylation sites is 1. The molecule has 0 aliphatic carbocycles. The maximum Gasteiger partial charge on any atom is 0.289 e. The largest absolute Gasteiger partial charge is 0.451 e. The lowest BCUT2D eigenvalue weighted by atomic mass is 10.1. The first-order valence-corrected chi connectivity index (χ1v) is 7.98. The van der Waals surface area contributed by atoms with Crippen LogP contribution in [0.1, 0.15) is 35.0 Å². The standard InChI is InChI=1S/C18H19N3O2/c1-13-4-2-5-14-10-16(23-17(13)14)18(22)20-8-3-6-15(11-20)21-9-7-19-12-21/h2,4-5,7,9-10,12,15H,3,6,8,11H2,1H3. The zero-order valence-corrected chi connectivity index (χ0v) is 13.1. The van der Waals surface area contributed by atoms with Gasteiger partial charge in [0.05, 0.1) is 12.4 Å². The average Bonchev–Trinajstić information content (AvgIpc) is 3.24. The molecule has 1 aromatic carbocycles. The van der Waals surface area contributed by atoms with Crippen molar-refractivity contribution in [3.05, 3.63) is 54.3 Å². The van der Waals surface area contributed by atoms with E-state index in [0.29, 0.717) is 18.3 Å². The monoisotopic (exact) mass is 309 g/mol. The molecule has 3 aromatic rings. The number of nitrogens with zero attached hydrogens (tertiary/aromatic N) is 3. The summed E-state index contributed by atoms with van der Waals surface area (Å²) in [5.74, 6) is 0.408. The summed E-state index contributed by atoms with van der Waals surface area (Å²) in [5.41, 5.74) is 1.86. The maximum absolute atomic E-state index is 12.8. The summed E-state index contributed by atoms with van der Waals surface area (Å²) in [7, 11) is 0. The molecule has 118 valence electrons. The van der Waals surface area contributed by atoms with Crippen molar-refractivity contribution >= 4 is 16.9 Å². The Balaban J connectivity index is 1.58. The van der Waals surface area contributed by atoms with E-state index in [1.54, 1.807) is 6.20 Å². The summed E-state index contributed by atoms with van der Waals surface area (Å²) < 4.78 is 7.91. The third-order valence-electron chi connectivity index (χ3n) is 4.58. The Bertz CT molecular complexity index is 835. The summed E-state index contributed by atoms with van der Waals surface area (Å²) in [6, 6.07) is 8.10. The van der Waals surface area contributed by atoms with Crippen LogP contribution in [0.5, 0.6) is 0 Å². The highest BCUT2D eigenvalue weighted by atomic mass is 16.3. The van der Waals surface area contributed by atoms with Crippen LogP contribution in [0.15, 0.2) is 47.4 Å². The molecule has 4 rings (SSSR count). The molecule has 1 saturated heterocycles. The van der Waals surface area contributed by atoms with Gasteiger partial charge in [-0.15, -0.1) is 0 Å². The zero-order chi connectivity index (χ0) is 15.8. The molecule has 0 N–H and O–H groups in total. The number of aromatic nitrogens is 2. The predicted molar refractivity (Wildman–Crippen MR) is 87.4 cm³/mol. The molecular formula is C18H19N3O2. The second kappa shape index (κ2) is 5.57. The molecule has 1 fully saturated rings. The normalized spacial score (nSPS) is 18.5. The van der Waals surface area contributed by atoms with Crippen LogP contribution in [0.4, 0.5) is 0 Å². The topological polar surface area (TPSA) is 51.3 Å². The van der Waals surface area contributed by atoms with Crippen LogP contribution >= 0.6 is 0 Å². The van der Waals surface area contributed by atoms with Crippen molar-refractivity contribution in [2.75, 3.05) is 13.1 Å². The number of carbonyl (C=O) groups is 1. The third kappa shape index (κ3) is 2.52. The summed E-state index contributed by atoms with van der Waals surface area (Å²) in [6.45, 7) is 3.47.